The summed E-state index contributed by atoms with van der Waals surface area (Å²) in [6, 6.07) is 0. The number of hydrogen-bond donors (Lipinski definition) is 2. The average molecular weight is 447 g/mol. The lowest BCUT2D eigenvalue weighted by Crippen LogP contribution is -2.47. The van der Waals surface area contributed by atoms with Gasteiger partial charge in [-0.3, -0.25) is 9.59 Å². The van der Waals surface area contributed by atoms with Crippen molar-refractivity contribution < 1.29 is 19.1 Å². The second kappa shape index (κ2) is 11.0. The molecule has 0 aliphatic carbocycles. The van der Waals surface area contributed by atoms with E-state index in [1.807, 2.05) is 0 Å². The summed E-state index contributed by atoms with van der Waals surface area (Å²) in [6.45, 7) is 11.9. The minimum atomic E-state index is -0.421. The van der Waals surface area contributed by atoms with Gasteiger partial charge >= 0.3 is 5.97 Å². The Bertz CT molecular complexity index is 826. The van der Waals surface area contributed by atoms with E-state index in [2.05, 4.69) is 15.2 Å². The molecule has 32 heavy (non-hydrogen) atoms. The Morgan fingerprint density at radius 2 is 1.81 bits per heavy atom. The summed E-state index contributed by atoms with van der Waals surface area (Å²) >= 11 is 0. The predicted molar refractivity (Wildman–Crippen MR) is 123 cm³/mol. The summed E-state index contributed by atoms with van der Waals surface area (Å²) in [5.41, 5.74) is 2.06. The summed E-state index contributed by atoms with van der Waals surface area (Å²) in [5, 5.41) is 3.07. The van der Waals surface area contributed by atoms with Crippen molar-refractivity contribution in [2.45, 2.75) is 65.9 Å². The molecule has 0 bridgehead atoms. The molecule has 8 heteroatoms. The van der Waals surface area contributed by atoms with E-state index in [4.69, 9.17) is 4.74 Å². The fourth-order valence-corrected chi connectivity index (χ4v) is 4.74. The van der Waals surface area contributed by atoms with Gasteiger partial charge in [0, 0.05) is 31.9 Å². The number of H-pyrrole nitrogens is 1. The van der Waals surface area contributed by atoms with Gasteiger partial charge in [0.1, 0.15) is 5.69 Å². The summed E-state index contributed by atoms with van der Waals surface area (Å²) in [5.74, 6) is -0.759. The van der Waals surface area contributed by atoms with Gasteiger partial charge in [-0.25, -0.2) is 4.79 Å². The van der Waals surface area contributed by atoms with Crippen LogP contribution in [0, 0.1) is 19.8 Å². The highest BCUT2D eigenvalue weighted by Crippen LogP contribution is 2.24. The van der Waals surface area contributed by atoms with E-state index in [1.54, 1.807) is 32.6 Å². The summed E-state index contributed by atoms with van der Waals surface area (Å²) in [4.78, 5) is 45.6. The van der Waals surface area contributed by atoms with Gasteiger partial charge in [0.15, 0.2) is 0 Å². The number of piperidine rings is 2. The lowest BCUT2D eigenvalue weighted by Gasteiger charge is -2.32. The van der Waals surface area contributed by atoms with Gasteiger partial charge < -0.3 is 24.8 Å². The number of aromatic nitrogens is 1. The fraction of sp³-hybridized carbons (Fsp3) is 0.708. The minimum absolute atomic E-state index is 0.0279. The third-order valence-corrected chi connectivity index (χ3v) is 6.45. The quantitative estimate of drug-likeness (QED) is 0.628. The summed E-state index contributed by atoms with van der Waals surface area (Å²) < 4.78 is 5.33. The van der Waals surface area contributed by atoms with E-state index in [9.17, 15) is 14.4 Å². The first kappa shape index (κ1) is 24.3. The van der Waals surface area contributed by atoms with Crippen molar-refractivity contribution in [1.29, 1.82) is 0 Å². The number of ether oxygens (including phenoxy) is 1. The number of nitrogens with zero attached hydrogens (tertiary/aromatic N) is 2. The maximum atomic E-state index is 13.2. The molecular formula is C24H38N4O4. The van der Waals surface area contributed by atoms with Crippen LogP contribution in [0.15, 0.2) is 0 Å². The van der Waals surface area contributed by atoms with Crippen molar-refractivity contribution in [3.63, 3.8) is 0 Å². The molecule has 0 spiro atoms. The standard InChI is InChI=1S/C24H38N4O4/c1-16(2)32-24(31)20-17(3)21(26-18(20)4)23(30)28-13-8-9-19(15-28)22(29)25-10-14-27-11-6-5-7-12-27/h16,19,26H,5-15H2,1-4H3,(H,25,29). The number of aromatic amines is 1. The molecule has 2 aliphatic rings. The Labute approximate surface area is 191 Å². The first-order valence-corrected chi connectivity index (χ1v) is 12.0. The minimum Gasteiger partial charge on any atom is -0.459 e. The van der Waals surface area contributed by atoms with E-state index in [0.717, 1.165) is 32.5 Å². The number of carbonyl (C=O) groups excluding carboxylic acids is 3. The highest BCUT2D eigenvalue weighted by atomic mass is 16.5. The van der Waals surface area contributed by atoms with Crippen LogP contribution in [-0.4, -0.2) is 77.9 Å². The van der Waals surface area contributed by atoms with Gasteiger partial charge in [-0.1, -0.05) is 6.42 Å². The molecule has 2 N–H and O–H groups in total. The molecule has 2 saturated heterocycles. The molecule has 2 amide bonds. The van der Waals surface area contributed by atoms with Crippen molar-refractivity contribution in [3.05, 3.63) is 22.5 Å². The van der Waals surface area contributed by atoms with Gasteiger partial charge in [-0.05, 0) is 72.0 Å². The van der Waals surface area contributed by atoms with Gasteiger partial charge in [-0.15, -0.1) is 0 Å². The maximum absolute atomic E-state index is 13.2. The van der Waals surface area contributed by atoms with E-state index in [1.165, 1.54) is 19.3 Å². The molecule has 3 heterocycles. The van der Waals surface area contributed by atoms with Crippen LogP contribution in [0.3, 0.4) is 0 Å². The molecule has 1 aromatic rings. The Morgan fingerprint density at radius 3 is 2.50 bits per heavy atom. The number of aryl methyl sites for hydroxylation is 1. The zero-order valence-electron chi connectivity index (χ0n) is 20.0. The summed E-state index contributed by atoms with van der Waals surface area (Å²) in [7, 11) is 0. The van der Waals surface area contributed by atoms with Crippen molar-refractivity contribution in [2.75, 3.05) is 39.3 Å². The van der Waals surface area contributed by atoms with Crippen molar-refractivity contribution in [3.8, 4) is 0 Å². The number of rotatable bonds is 7. The third-order valence-electron chi connectivity index (χ3n) is 6.45. The molecule has 8 nitrogen and oxygen atoms in total. The fourth-order valence-electron chi connectivity index (χ4n) is 4.74. The van der Waals surface area contributed by atoms with Crippen LogP contribution in [0.1, 0.15) is 78.1 Å². The molecule has 3 rings (SSSR count). The van der Waals surface area contributed by atoms with Crippen LogP contribution in [0.5, 0.6) is 0 Å². The lowest BCUT2D eigenvalue weighted by molar-refractivity contribution is -0.126. The molecule has 2 fully saturated rings. The van der Waals surface area contributed by atoms with Crippen LogP contribution < -0.4 is 5.32 Å². The highest BCUT2D eigenvalue weighted by Gasteiger charge is 2.32. The zero-order chi connectivity index (χ0) is 23.3. The second-order valence-electron chi connectivity index (χ2n) is 9.36. The highest BCUT2D eigenvalue weighted by molar-refractivity contribution is 6.00. The largest absolute Gasteiger partial charge is 0.459 e. The van der Waals surface area contributed by atoms with Crippen molar-refractivity contribution >= 4 is 17.8 Å². The average Bonchev–Trinajstić information content (AvgIpc) is 3.07. The zero-order valence-corrected chi connectivity index (χ0v) is 20.0. The van der Waals surface area contributed by atoms with E-state index < -0.39 is 5.97 Å². The SMILES string of the molecule is Cc1[nH]c(C(=O)N2CCCC(C(=O)NCCN3CCCCC3)C2)c(C)c1C(=O)OC(C)C. The van der Waals surface area contributed by atoms with Gasteiger partial charge in [0.25, 0.3) is 5.91 Å². The number of likely N-dealkylation sites (tertiary alicyclic amines) is 2. The van der Waals surface area contributed by atoms with E-state index in [-0.39, 0.29) is 23.8 Å². The van der Waals surface area contributed by atoms with Gasteiger partial charge in [0.2, 0.25) is 5.91 Å². The second-order valence-corrected chi connectivity index (χ2v) is 9.36. The topological polar surface area (TPSA) is 94.7 Å². The Balaban J connectivity index is 1.58. The predicted octanol–water partition coefficient (Wildman–Crippen LogP) is 2.65. The van der Waals surface area contributed by atoms with Crippen LogP contribution in [0.4, 0.5) is 0 Å². The molecule has 0 aromatic carbocycles. The van der Waals surface area contributed by atoms with Crippen LogP contribution in [0.25, 0.3) is 0 Å². The van der Waals surface area contributed by atoms with Gasteiger partial charge in [0.05, 0.1) is 17.6 Å². The number of nitrogens with one attached hydrogen (secondary N) is 2. The van der Waals surface area contributed by atoms with Crippen LogP contribution >= 0.6 is 0 Å². The van der Waals surface area contributed by atoms with Crippen LogP contribution in [-0.2, 0) is 9.53 Å². The summed E-state index contributed by atoms with van der Waals surface area (Å²) in [6.07, 6.45) is 5.12. The number of carbonyl (C=O) groups is 3. The number of hydrogen-bond acceptors (Lipinski definition) is 5. The smallest absolute Gasteiger partial charge is 0.340 e. The Kier molecular flexibility index (Phi) is 8.34. The molecular weight excluding hydrogens is 408 g/mol. The van der Waals surface area contributed by atoms with E-state index in [0.29, 0.717) is 42.1 Å². The number of amides is 2. The Morgan fingerprint density at radius 1 is 1.09 bits per heavy atom. The van der Waals surface area contributed by atoms with E-state index >= 15 is 0 Å². The molecule has 0 saturated carbocycles. The third kappa shape index (κ3) is 5.91. The van der Waals surface area contributed by atoms with Gasteiger partial charge in [-0.2, -0.15) is 0 Å². The maximum Gasteiger partial charge on any atom is 0.340 e. The first-order chi connectivity index (χ1) is 15.3. The van der Waals surface area contributed by atoms with Crippen molar-refractivity contribution in [1.82, 2.24) is 20.1 Å². The lowest BCUT2D eigenvalue weighted by atomic mass is 9.96. The molecule has 1 atom stereocenters. The monoisotopic (exact) mass is 446 g/mol. The molecule has 1 aromatic heterocycles. The first-order valence-electron chi connectivity index (χ1n) is 12.0. The molecule has 1 unspecified atom stereocenters. The van der Waals surface area contributed by atoms with Crippen LogP contribution in [0.2, 0.25) is 0 Å². The molecule has 178 valence electrons. The number of esters is 1. The normalized spacial score (nSPS) is 19.8. The Hall–Kier alpha value is -2.35. The molecule has 2 aliphatic heterocycles. The van der Waals surface area contributed by atoms with Crippen molar-refractivity contribution in [2.24, 2.45) is 5.92 Å². The molecule has 0 radical (unpaired) electrons.